The summed E-state index contributed by atoms with van der Waals surface area (Å²) in [5.41, 5.74) is 5.22. The molecular formula is C18H25N3O. The summed E-state index contributed by atoms with van der Waals surface area (Å²) in [4.78, 5) is 0. The highest BCUT2D eigenvalue weighted by Crippen LogP contribution is 2.32. The first-order valence-electron chi connectivity index (χ1n) is 8.02. The second-order valence-corrected chi connectivity index (χ2v) is 6.32. The molecule has 1 heterocycles. The van der Waals surface area contributed by atoms with Crippen LogP contribution in [0.25, 0.3) is 0 Å². The minimum atomic E-state index is 0.391. The van der Waals surface area contributed by atoms with Crippen molar-refractivity contribution in [2.24, 2.45) is 7.05 Å². The fourth-order valence-electron chi connectivity index (χ4n) is 3.45. The van der Waals surface area contributed by atoms with Crippen LogP contribution in [0.4, 0.5) is 0 Å². The summed E-state index contributed by atoms with van der Waals surface area (Å²) in [6.45, 7) is 5.15. The predicted molar refractivity (Wildman–Crippen MR) is 88.2 cm³/mol. The molecule has 1 aromatic heterocycles. The molecule has 1 unspecified atom stereocenters. The number of aromatic nitrogens is 2. The molecule has 2 aromatic rings. The van der Waals surface area contributed by atoms with E-state index in [0.717, 1.165) is 24.5 Å². The molecule has 1 aliphatic rings. The van der Waals surface area contributed by atoms with Crippen molar-refractivity contribution in [1.29, 1.82) is 0 Å². The van der Waals surface area contributed by atoms with E-state index in [1.165, 1.54) is 23.1 Å². The van der Waals surface area contributed by atoms with Gasteiger partial charge < -0.3 is 10.1 Å². The van der Waals surface area contributed by atoms with Gasteiger partial charge in [-0.1, -0.05) is 38.1 Å². The third-order valence-corrected chi connectivity index (χ3v) is 4.52. The van der Waals surface area contributed by atoms with E-state index in [2.05, 4.69) is 48.5 Å². The predicted octanol–water partition coefficient (Wildman–Crippen LogP) is 3.33. The monoisotopic (exact) mass is 299 g/mol. The molecule has 0 spiro atoms. The normalized spacial score (nSPS) is 17.0. The zero-order valence-corrected chi connectivity index (χ0v) is 13.9. The van der Waals surface area contributed by atoms with Crippen LogP contribution in [0, 0.1) is 0 Å². The van der Waals surface area contributed by atoms with E-state index in [1.54, 1.807) is 7.11 Å². The van der Waals surface area contributed by atoms with Gasteiger partial charge >= 0.3 is 0 Å². The van der Waals surface area contributed by atoms with Gasteiger partial charge in [0.25, 0.3) is 0 Å². The Bertz CT molecular complexity index is 660. The Morgan fingerprint density at radius 1 is 1.36 bits per heavy atom. The second-order valence-electron chi connectivity index (χ2n) is 6.32. The average Bonchev–Trinajstić information content (AvgIpc) is 3.06. The lowest BCUT2D eigenvalue weighted by Gasteiger charge is -2.15. The number of fused-ring (bicyclic) bond motifs is 1. The number of nitrogens with zero attached hydrogens (tertiary/aromatic N) is 2. The summed E-state index contributed by atoms with van der Waals surface area (Å²) < 4.78 is 7.39. The van der Waals surface area contributed by atoms with Gasteiger partial charge in [-0.05, 0) is 29.9 Å². The summed E-state index contributed by atoms with van der Waals surface area (Å²) in [7, 11) is 3.66. The van der Waals surface area contributed by atoms with Crippen LogP contribution in [-0.4, -0.2) is 16.9 Å². The van der Waals surface area contributed by atoms with Crippen molar-refractivity contribution < 1.29 is 4.74 Å². The smallest absolute Gasteiger partial charge is 0.216 e. The van der Waals surface area contributed by atoms with Gasteiger partial charge in [-0.15, -0.1) is 0 Å². The lowest BCUT2D eigenvalue weighted by atomic mass is 10.0. The Kier molecular flexibility index (Phi) is 4.21. The van der Waals surface area contributed by atoms with E-state index in [4.69, 9.17) is 4.74 Å². The largest absolute Gasteiger partial charge is 0.481 e. The molecule has 1 atom stereocenters. The Labute approximate surface area is 132 Å². The van der Waals surface area contributed by atoms with Gasteiger partial charge in [0.1, 0.15) is 0 Å². The topological polar surface area (TPSA) is 39.1 Å². The number of hydrogen-bond donors (Lipinski definition) is 1. The van der Waals surface area contributed by atoms with E-state index >= 15 is 0 Å². The molecule has 22 heavy (non-hydrogen) atoms. The van der Waals surface area contributed by atoms with Crippen molar-refractivity contribution in [3.05, 3.63) is 46.6 Å². The van der Waals surface area contributed by atoms with Crippen LogP contribution in [0.5, 0.6) is 5.88 Å². The molecule has 0 bridgehead atoms. The van der Waals surface area contributed by atoms with Crippen molar-refractivity contribution in [2.75, 3.05) is 7.11 Å². The molecule has 0 aliphatic heterocycles. The third-order valence-electron chi connectivity index (χ3n) is 4.52. The maximum atomic E-state index is 5.55. The fraction of sp³-hybridized carbons (Fsp3) is 0.500. The second kappa shape index (κ2) is 6.13. The van der Waals surface area contributed by atoms with Crippen LogP contribution in [0.1, 0.15) is 54.6 Å². The summed E-state index contributed by atoms with van der Waals surface area (Å²) in [5.74, 6) is 1.25. The molecule has 0 fully saturated rings. The van der Waals surface area contributed by atoms with Crippen LogP contribution in [-0.2, 0) is 20.0 Å². The zero-order chi connectivity index (χ0) is 15.7. The van der Waals surface area contributed by atoms with Gasteiger partial charge in [0.15, 0.2) is 0 Å². The van der Waals surface area contributed by atoms with Crippen molar-refractivity contribution in [3.8, 4) is 5.88 Å². The highest BCUT2D eigenvalue weighted by Gasteiger charge is 2.24. The lowest BCUT2D eigenvalue weighted by Crippen LogP contribution is -2.19. The van der Waals surface area contributed by atoms with Gasteiger partial charge in [0.05, 0.1) is 18.4 Å². The van der Waals surface area contributed by atoms with Crippen LogP contribution >= 0.6 is 0 Å². The number of ether oxygens (including phenoxy) is 1. The first-order chi connectivity index (χ1) is 10.6. The van der Waals surface area contributed by atoms with E-state index in [0.29, 0.717) is 12.0 Å². The van der Waals surface area contributed by atoms with E-state index in [-0.39, 0.29) is 0 Å². The number of methoxy groups -OCH3 is 1. The Hall–Kier alpha value is -1.81. The Morgan fingerprint density at radius 3 is 2.86 bits per heavy atom. The molecular weight excluding hydrogens is 274 g/mol. The molecule has 118 valence electrons. The first-order valence-corrected chi connectivity index (χ1v) is 8.02. The average molecular weight is 299 g/mol. The van der Waals surface area contributed by atoms with Gasteiger partial charge in [-0.2, -0.15) is 5.10 Å². The summed E-state index contributed by atoms with van der Waals surface area (Å²) in [6, 6.07) is 9.16. The summed E-state index contributed by atoms with van der Waals surface area (Å²) in [6.07, 6.45) is 2.33. The highest BCUT2D eigenvalue weighted by molar-refractivity contribution is 5.36. The van der Waals surface area contributed by atoms with Crippen LogP contribution in [0.2, 0.25) is 0 Å². The van der Waals surface area contributed by atoms with Gasteiger partial charge in [-0.3, -0.25) is 0 Å². The molecule has 4 nitrogen and oxygen atoms in total. The van der Waals surface area contributed by atoms with E-state index in [1.807, 2.05) is 11.7 Å². The molecule has 0 amide bonds. The molecule has 0 saturated carbocycles. The molecule has 0 radical (unpaired) electrons. The van der Waals surface area contributed by atoms with Crippen LogP contribution in [0.15, 0.2) is 24.3 Å². The van der Waals surface area contributed by atoms with Crippen molar-refractivity contribution in [3.63, 3.8) is 0 Å². The maximum Gasteiger partial charge on any atom is 0.216 e. The summed E-state index contributed by atoms with van der Waals surface area (Å²) >= 11 is 0. The van der Waals surface area contributed by atoms with Gasteiger partial charge in [0, 0.05) is 19.6 Å². The molecule has 4 heteroatoms. The molecule has 1 N–H and O–H groups in total. The number of nitrogens with one attached hydrogen (secondary N) is 1. The SMILES string of the molecule is COc1c(CNC2CCc3ccccc32)c(C(C)C)nn1C. The minimum Gasteiger partial charge on any atom is -0.481 e. The maximum absolute atomic E-state index is 5.55. The number of benzene rings is 1. The highest BCUT2D eigenvalue weighted by atomic mass is 16.5. The zero-order valence-electron chi connectivity index (χ0n) is 13.9. The number of aryl methyl sites for hydroxylation is 2. The lowest BCUT2D eigenvalue weighted by molar-refractivity contribution is 0.366. The van der Waals surface area contributed by atoms with Crippen LogP contribution in [0.3, 0.4) is 0 Å². The quantitative estimate of drug-likeness (QED) is 0.920. The van der Waals surface area contributed by atoms with E-state index < -0.39 is 0 Å². The molecule has 0 saturated heterocycles. The standard InChI is InChI=1S/C18H25N3O/c1-12(2)17-15(18(22-4)21(3)20-17)11-19-16-10-9-13-7-5-6-8-14(13)16/h5-8,12,16,19H,9-11H2,1-4H3. The Morgan fingerprint density at radius 2 is 2.14 bits per heavy atom. The van der Waals surface area contributed by atoms with Crippen LogP contribution < -0.4 is 10.1 Å². The van der Waals surface area contributed by atoms with Crippen molar-refractivity contribution in [2.45, 2.75) is 45.2 Å². The molecule has 1 aromatic carbocycles. The van der Waals surface area contributed by atoms with E-state index in [9.17, 15) is 0 Å². The molecule has 1 aliphatic carbocycles. The summed E-state index contributed by atoms with van der Waals surface area (Å²) in [5, 5.41) is 8.33. The van der Waals surface area contributed by atoms with Gasteiger partial charge in [0.2, 0.25) is 5.88 Å². The van der Waals surface area contributed by atoms with Crippen molar-refractivity contribution >= 4 is 0 Å². The third kappa shape index (κ3) is 2.63. The first kappa shape index (κ1) is 15.1. The fourth-order valence-corrected chi connectivity index (χ4v) is 3.45. The van der Waals surface area contributed by atoms with Crippen molar-refractivity contribution in [1.82, 2.24) is 15.1 Å². The number of rotatable bonds is 5. The minimum absolute atomic E-state index is 0.391. The number of hydrogen-bond acceptors (Lipinski definition) is 3. The van der Waals surface area contributed by atoms with Gasteiger partial charge in [-0.25, -0.2) is 4.68 Å². The Balaban J connectivity index is 1.80. The molecule has 3 rings (SSSR count).